The number of carbonyl (C=O) groups excluding carboxylic acids is 1. The van der Waals surface area contributed by atoms with Gasteiger partial charge in [0.05, 0.1) is 5.56 Å². The average Bonchev–Trinajstić information content (AvgIpc) is 3.10. The Labute approximate surface area is 179 Å². The van der Waals surface area contributed by atoms with Crippen LogP contribution in [-0.2, 0) is 12.8 Å². The van der Waals surface area contributed by atoms with Gasteiger partial charge in [0.2, 0.25) is 5.55 Å². The van der Waals surface area contributed by atoms with Gasteiger partial charge in [-0.3, -0.25) is 10.2 Å². The summed E-state index contributed by atoms with van der Waals surface area (Å²) in [5.41, 5.74) is 3.21. The molecule has 7 heteroatoms. The zero-order chi connectivity index (χ0) is 21.3. The molecule has 1 amide bonds. The molecule has 2 N–H and O–H groups in total. The van der Waals surface area contributed by atoms with Crippen molar-refractivity contribution in [1.82, 2.24) is 0 Å². The smallest absolute Gasteiger partial charge is 0.261 e. The summed E-state index contributed by atoms with van der Waals surface area (Å²) in [5, 5.41) is 22.0. The molecule has 6 nitrogen and oxygen atoms in total. The van der Waals surface area contributed by atoms with Crippen molar-refractivity contribution < 1.29 is 9.21 Å². The van der Waals surface area contributed by atoms with Crippen LogP contribution in [-0.4, -0.2) is 19.0 Å². The number of hydrogen-bond donors (Lipinski definition) is 2. The van der Waals surface area contributed by atoms with Gasteiger partial charge in [0.1, 0.15) is 22.2 Å². The van der Waals surface area contributed by atoms with Gasteiger partial charge in [-0.25, -0.2) is 0 Å². The maximum atomic E-state index is 12.9. The number of rotatable bonds is 5. The first-order valence-electron chi connectivity index (χ1n) is 10.3. The monoisotopic (exact) mass is 420 g/mol. The highest BCUT2D eigenvalue weighted by molar-refractivity contribution is 7.16. The predicted octanol–water partition coefficient (Wildman–Crippen LogP) is 4.82. The summed E-state index contributed by atoms with van der Waals surface area (Å²) in [4.78, 5) is 16.3. The van der Waals surface area contributed by atoms with Crippen molar-refractivity contribution in [3.63, 3.8) is 0 Å². The molecule has 0 unspecified atom stereocenters. The zero-order valence-electron chi connectivity index (χ0n) is 17.2. The molecule has 154 valence electrons. The molecular formula is C23H24N4O2S. The highest BCUT2D eigenvalue weighted by Crippen LogP contribution is 2.37. The van der Waals surface area contributed by atoms with Crippen LogP contribution in [0.4, 0.5) is 10.7 Å². The van der Waals surface area contributed by atoms with Crippen molar-refractivity contribution >= 4 is 38.9 Å². The number of aryl methyl sites for hydroxylation is 1. The standard InChI is InChI=1S/C23H24N4O2S/c1-3-27(4-2)15-10-9-14-11-17(21(25)29-19(14)12-15)22(28)26-23-18(13-24)16-7-5-6-8-20(16)30-23/h9-12,25H,3-8H2,1-2H3,(H,26,28). The van der Waals surface area contributed by atoms with Crippen LogP contribution >= 0.6 is 11.3 Å². The molecule has 1 aromatic carbocycles. The van der Waals surface area contributed by atoms with E-state index in [0.29, 0.717) is 16.1 Å². The summed E-state index contributed by atoms with van der Waals surface area (Å²) >= 11 is 1.48. The minimum atomic E-state index is -0.423. The summed E-state index contributed by atoms with van der Waals surface area (Å²) in [6, 6.07) is 9.75. The molecule has 4 rings (SSSR count). The zero-order valence-corrected chi connectivity index (χ0v) is 18.0. The molecule has 0 fully saturated rings. The second-order valence-electron chi connectivity index (χ2n) is 7.36. The molecule has 0 saturated carbocycles. The quantitative estimate of drug-likeness (QED) is 0.619. The first-order chi connectivity index (χ1) is 14.5. The highest BCUT2D eigenvalue weighted by atomic mass is 32.1. The van der Waals surface area contributed by atoms with E-state index in [1.807, 2.05) is 18.2 Å². The highest BCUT2D eigenvalue weighted by Gasteiger charge is 2.23. The average molecular weight is 421 g/mol. The van der Waals surface area contributed by atoms with Gasteiger partial charge in [0.25, 0.3) is 5.91 Å². The Morgan fingerprint density at radius 1 is 1.27 bits per heavy atom. The normalized spacial score (nSPS) is 13.0. The minimum Gasteiger partial charge on any atom is -0.438 e. The van der Waals surface area contributed by atoms with Crippen molar-refractivity contribution in [2.75, 3.05) is 23.3 Å². The molecule has 0 aliphatic heterocycles. The summed E-state index contributed by atoms with van der Waals surface area (Å²) in [5.74, 6) is -0.423. The molecule has 0 radical (unpaired) electrons. The maximum absolute atomic E-state index is 12.9. The summed E-state index contributed by atoms with van der Waals surface area (Å²) < 4.78 is 5.69. The van der Waals surface area contributed by atoms with E-state index in [1.165, 1.54) is 16.2 Å². The van der Waals surface area contributed by atoms with Gasteiger partial charge in [0, 0.05) is 35.1 Å². The largest absolute Gasteiger partial charge is 0.438 e. The summed E-state index contributed by atoms with van der Waals surface area (Å²) in [7, 11) is 0. The number of nitriles is 1. The summed E-state index contributed by atoms with van der Waals surface area (Å²) in [6.07, 6.45) is 4.02. The Morgan fingerprint density at radius 3 is 2.77 bits per heavy atom. The van der Waals surface area contributed by atoms with Crippen LogP contribution in [0, 0.1) is 16.7 Å². The number of thiophene rings is 1. The van der Waals surface area contributed by atoms with Crippen LogP contribution < -0.4 is 15.8 Å². The van der Waals surface area contributed by atoms with Crippen molar-refractivity contribution in [3.05, 3.63) is 51.4 Å². The Balaban J connectivity index is 1.66. The fourth-order valence-corrected chi connectivity index (χ4v) is 5.25. The topological polar surface area (TPSA) is 93.1 Å². The lowest BCUT2D eigenvalue weighted by atomic mass is 9.96. The van der Waals surface area contributed by atoms with Crippen LogP contribution in [0.3, 0.4) is 0 Å². The van der Waals surface area contributed by atoms with Crippen molar-refractivity contribution in [2.45, 2.75) is 39.5 Å². The molecule has 0 spiro atoms. The van der Waals surface area contributed by atoms with Crippen molar-refractivity contribution in [3.8, 4) is 6.07 Å². The Bertz CT molecular complexity index is 1210. The second kappa shape index (κ2) is 8.33. The van der Waals surface area contributed by atoms with E-state index in [0.717, 1.165) is 55.4 Å². The number of fused-ring (bicyclic) bond motifs is 2. The Morgan fingerprint density at radius 2 is 2.03 bits per heavy atom. The van der Waals surface area contributed by atoms with E-state index in [4.69, 9.17) is 9.83 Å². The van der Waals surface area contributed by atoms with E-state index in [9.17, 15) is 10.1 Å². The van der Waals surface area contributed by atoms with Crippen LogP contribution in [0.25, 0.3) is 11.0 Å². The lowest BCUT2D eigenvalue weighted by molar-refractivity contribution is 0.102. The maximum Gasteiger partial charge on any atom is 0.261 e. The van der Waals surface area contributed by atoms with Gasteiger partial charge < -0.3 is 14.6 Å². The molecule has 1 aliphatic rings. The van der Waals surface area contributed by atoms with Gasteiger partial charge in [-0.2, -0.15) is 5.26 Å². The van der Waals surface area contributed by atoms with Crippen molar-refractivity contribution in [2.24, 2.45) is 0 Å². The third kappa shape index (κ3) is 3.59. The number of nitrogens with zero attached hydrogens (tertiary/aromatic N) is 2. The van der Waals surface area contributed by atoms with Gasteiger partial charge in [-0.1, -0.05) is 0 Å². The van der Waals surface area contributed by atoms with Gasteiger partial charge in [0.15, 0.2) is 0 Å². The van der Waals surface area contributed by atoms with Crippen LogP contribution in [0.5, 0.6) is 0 Å². The number of amides is 1. The molecule has 3 aromatic rings. The van der Waals surface area contributed by atoms with Gasteiger partial charge in [-0.15, -0.1) is 11.3 Å². The van der Waals surface area contributed by atoms with E-state index < -0.39 is 5.91 Å². The third-order valence-corrected chi connectivity index (χ3v) is 6.84. The van der Waals surface area contributed by atoms with Crippen molar-refractivity contribution in [1.29, 1.82) is 10.7 Å². The number of carbonyl (C=O) groups is 1. The molecule has 0 atom stereocenters. The molecule has 0 bridgehead atoms. The van der Waals surface area contributed by atoms with E-state index in [-0.39, 0.29) is 11.1 Å². The molecule has 30 heavy (non-hydrogen) atoms. The number of benzene rings is 1. The van der Waals surface area contributed by atoms with Crippen LogP contribution in [0.15, 0.2) is 28.7 Å². The van der Waals surface area contributed by atoms with Gasteiger partial charge in [-0.05, 0) is 63.3 Å². The van der Waals surface area contributed by atoms with E-state index in [1.54, 1.807) is 6.07 Å². The minimum absolute atomic E-state index is 0.161. The predicted molar refractivity (Wildman–Crippen MR) is 119 cm³/mol. The lowest BCUT2D eigenvalue weighted by Crippen LogP contribution is -2.22. The van der Waals surface area contributed by atoms with Crippen LogP contribution in [0.1, 0.15) is 53.1 Å². The number of anilines is 2. The number of hydrogen-bond acceptors (Lipinski definition) is 6. The molecule has 2 heterocycles. The molecule has 0 saturated heterocycles. The fourth-order valence-electron chi connectivity index (χ4n) is 4.01. The van der Waals surface area contributed by atoms with E-state index in [2.05, 4.69) is 30.1 Å². The van der Waals surface area contributed by atoms with Gasteiger partial charge >= 0.3 is 0 Å². The molecule has 2 aromatic heterocycles. The third-order valence-electron chi connectivity index (χ3n) is 5.64. The first-order valence-corrected chi connectivity index (χ1v) is 11.1. The fraction of sp³-hybridized carbons (Fsp3) is 0.348. The Hall–Kier alpha value is -3.11. The first kappa shape index (κ1) is 20.2. The number of nitrogens with one attached hydrogen (secondary N) is 2. The second-order valence-corrected chi connectivity index (χ2v) is 8.47. The SMILES string of the molecule is CCN(CC)c1ccc2cc(C(=O)Nc3sc4c(c3C#N)CCCC4)c(=N)oc2c1. The van der Waals surface area contributed by atoms with E-state index >= 15 is 0 Å². The summed E-state index contributed by atoms with van der Waals surface area (Å²) in [6.45, 7) is 5.93. The van der Waals surface area contributed by atoms with Crippen LogP contribution in [0.2, 0.25) is 0 Å². The lowest BCUT2D eigenvalue weighted by Gasteiger charge is -2.21. The molecule has 1 aliphatic carbocycles. The molecular weight excluding hydrogens is 396 g/mol. The Kier molecular flexibility index (Phi) is 5.60.